The van der Waals surface area contributed by atoms with Gasteiger partial charge in [0.2, 0.25) is 0 Å². The summed E-state index contributed by atoms with van der Waals surface area (Å²) in [5.41, 5.74) is 2.89. The van der Waals surface area contributed by atoms with Gasteiger partial charge in [0.15, 0.2) is 11.1 Å². The summed E-state index contributed by atoms with van der Waals surface area (Å²) in [7, 11) is 0. The molecular weight excluding hydrogens is 284 g/mol. The van der Waals surface area contributed by atoms with Crippen LogP contribution in [0.3, 0.4) is 0 Å². The highest BCUT2D eigenvalue weighted by Gasteiger charge is 2.13. The lowest BCUT2D eigenvalue weighted by atomic mass is 9.97. The molecule has 0 saturated carbocycles. The molecule has 0 bridgehead atoms. The van der Waals surface area contributed by atoms with E-state index < -0.39 is 16.3 Å². The van der Waals surface area contributed by atoms with Crippen LogP contribution in [0.4, 0.5) is 0 Å². The first-order valence-corrected chi connectivity index (χ1v) is 7.62. The Morgan fingerprint density at radius 1 is 1.42 bits per heavy atom. The van der Waals surface area contributed by atoms with E-state index in [0.717, 1.165) is 24.0 Å². The van der Waals surface area contributed by atoms with Crippen LogP contribution in [-0.2, 0) is 23.3 Å². The molecule has 0 spiro atoms. The van der Waals surface area contributed by atoms with E-state index in [2.05, 4.69) is 0 Å². The molecule has 0 aliphatic rings. The Hall–Kier alpha value is -0.970. The summed E-state index contributed by atoms with van der Waals surface area (Å²) in [5.74, 6) is 0.0165. The van der Waals surface area contributed by atoms with Crippen LogP contribution in [0.15, 0.2) is 24.3 Å². The van der Waals surface area contributed by atoms with E-state index in [1.807, 2.05) is 32.1 Å². The first kappa shape index (κ1) is 16.1. The Morgan fingerprint density at radius 3 is 2.63 bits per heavy atom. The zero-order valence-corrected chi connectivity index (χ0v) is 12.6. The van der Waals surface area contributed by atoms with Gasteiger partial charge in [-0.25, -0.2) is 4.21 Å². The summed E-state index contributed by atoms with van der Waals surface area (Å²) in [6.07, 6.45) is 5.63. The molecule has 0 amide bonds. The molecule has 1 N–H and O–H groups in total. The number of aryl methyl sites for hydroxylation is 2. The van der Waals surface area contributed by atoms with Crippen LogP contribution in [0.1, 0.15) is 40.4 Å². The minimum absolute atomic E-state index is 0.0165. The van der Waals surface area contributed by atoms with Gasteiger partial charge >= 0.3 is 0 Å². The molecule has 104 valence electrons. The summed E-state index contributed by atoms with van der Waals surface area (Å²) in [6.45, 7) is 3.76. The monoisotopic (exact) mass is 300 g/mol. The molecule has 5 heteroatoms. The summed E-state index contributed by atoms with van der Waals surface area (Å²) in [6, 6.07) is 3.51. The van der Waals surface area contributed by atoms with Crippen LogP contribution in [0, 0.1) is 6.92 Å². The van der Waals surface area contributed by atoms with E-state index in [4.69, 9.17) is 16.2 Å². The molecule has 1 aromatic carbocycles. The fraction of sp³-hybridized carbons (Fsp3) is 0.357. The van der Waals surface area contributed by atoms with Crippen molar-refractivity contribution in [1.29, 1.82) is 0 Å². The Labute approximate surface area is 121 Å². The zero-order valence-electron chi connectivity index (χ0n) is 11.0. The summed E-state index contributed by atoms with van der Waals surface area (Å²) >= 11 is 3.57. The van der Waals surface area contributed by atoms with Gasteiger partial charge in [0.25, 0.3) is 5.24 Å². The smallest absolute Gasteiger partial charge is 0.252 e. The summed E-state index contributed by atoms with van der Waals surface area (Å²) in [4.78, 5) is 11.3. The average molecular weight is 301 g/mol. The van der Waals surface area contributed by atoms with E-state index in [0.29, 0.717) is 11.1 Å². The third kappa shape index (κ3) is 4.90. The van der Waals surface area contributed by atoms with Gasteiger partial charge in [-0.3, -0.25) is 4.79 Å². The number of carbonyl (C=O) groups is 1. The van der Waals surface area contributed by atoms with Crippen molar-refractivity contribution in [2.24, 2.45) is 0 Å². The van der Waals surface area contributed by atoms with Gasteiger partial charge < -0.3 is 4.55 Å². The van der Waals surface area contributed by atoms with Gasteiger partial charge in [-0.15, -0.1) is 0 Å². The Balaban J connectivity index is 3.15. The topological polar surface area (TPSA) is 54.4 Å². The molecule has 0 aliphatic carbocycles. The number of hydrogen-bond acceptors (Lipinski definition) is 2. The van der Waals surface area contributed by atoms with E-state index in [-0.39, 0.29) is 5.75 Å². The molecule has 0 aromatic heterocycles. The van der Waals surface area contributed by atoms with Gasteiger partial charge in [-0.2, -0.15) is 0 Å². The zero-order chi connectivity index (χ0) is 14.4. The lowest BCUT2D eigenvalue weighted by Crippen LogP contribution is -2.04. The minimum Gasteiger partial charge on any atom is -0.306 e. The van der Waals surface area contributed by atoms with Gasteiger partial charge in [-0.05, 0) is 61.0 Å². The van der Waals surface area contributed by atoms with Crippen LogP contribution in [0.5, 0.6) is 0 Å². The van der Waals surface area contributed by atoms with E-state index in [1.54, 1.807) is 6.07 Å². The molecular formula is C14H17ClO3S. The number of hydrogen-bond donors (Lipinski definition) is 1. The lowest BCUT2D eigenvalue weighted by molar-refractivity contribution is 0.108. The molecule has 1 aromatic rings. The second-order valence-electron chi connectivity index (χ2n) is 4.28. The molecule has 3 nitrogen and oxygen atoms in total. The van der Waals surface area contributed by atoms with Crippen molar-refractivity contribution < 1.29 is 13.6 Å². The summed E-state index contributed by atoms with van der Waals surface area (Å²) < 4.78 is 20.0. The van der Waals surface area contributed by atoms with Gasteiger partial charge in [-0.1, -0.05) is 18.2 Å². The molecule has 1 rings (SSSR count). The van der Waals surface area contributed by atoms with Crippen molar-refractivity contribution in [3.63, 3.8) is 0 Å². The number of halogens is 1. The first-order valence-electron chi connectivity index (χ1n) is 5.96. The quantitative estimate of drug-likeness (QED) is 0.496. The van der Waals surface area contributed by atoms with Crippen molar-refractivity contribution in [2.45, 2.75) is 32.4 Å². The van der Waals surface area contributed by atoms with E-state index in [1.165, 1.54) is 0 Å². The van der Waals surface area contributed by atoms with Crippen LogP contribution < -0.4 is 0 Å². The molecule has 0 heterocycles. The van der Waals surface area contributed by atoms with Crippen molar-refractivity contribution in [3.05, 3.63) is 46.5 Å². The number of rotatable bonds is 6. The van der Waals surface area contributed by atoms with Crippen LogP contribution in [-0.4, -0.2) is 14.0 Å². The Bertz CT molecular complexity index is 524. The van der Waals surface area contributed by atoms with Crippen molar-refractivity contribution in [2.75, 3.05) is 0 Å². The largest absolute Gasteiger partial charge is 0.306 e. The minimum atomic E-state index is -1.93. The standard InChI is InChI=1S/C14H17ClO3S/c1-3-4-5-6-11-7-10(2)13(14(15)16)8-12(11)9-19(17)18/h3-4,7-8H,5-6,9H2,1-2H3,(H,17,18). The fourth-order valence-electron chi connectivity index (χ4n) is 1.93. The second kappa shape index (κ2) is 7.58. The maximum atomic E-state index is 11.3. The lowest BCUT2D eigenvalue weighted by Gasteiger charge is -2.11. The highest BCUT2D eigenvalue weighted by Crippen LogP contribution is 2.21. The molecule has 0 saturated heterocycles. The average Bonchev–Trinajstić information content (AvgIpc) is 2.31. The van der Waals surface area contributed by atoms with Gasteiger partial charge in [0.05, 0.1) is 5.75 Å². The molecule has 0 fully saturated rings. The third-order valence-electron chi connectivity index (χ3n) is 2.85. The molecule has 1 atom stereocenters. The first-order chi connectivity index (χ1) is 8.95. The van der Waals surface area contributed by atoms with Gasteiger partial charge in [0, 0.05) is 5.56 Å². The molecule has 1 unspecified atom stereocenters. The normalized spacial score (nSPS) is 12.8. The third-order valence-corrected chi connectivity index (χ3v) is 3.61. The van der Waals surface area contributed by atoms with Gasteiger partial charge in [0.1, 0.15) is 0 Å². The molecule has 19 heavy (non-hydrogen) atoms. The number of carbonyl (C=O) groups excluding carboxylic acids is 1. The van der Waals surface area contributed by atoms with Crippen LogP contribution in [0.2, 0.25) is 0 Å². The SMILES string of the molecule is CC=CCCc1cc(C)c(C(=O)Cl)cc1CS(=O)O. The van der Waals surface area contributed by atoms with Crippen LogP contribution >= 0.6 is 11.6 Å². The second-order valence-corrected chi connectivity index (χ2v) is 5.56. The maximum absolute atomic E-state index is 11.3. The van der Waals surface area contributed by atoms with Crippen molar-refractivity contribution >= 4 is 27.9 Å². The highest BCUT2D eigenvalue weighted by atomic mass is 35.5. The predicted molar refractivity (Wildman–Crippen MR) is 79.0 cm³/mol. The Morgan fingerprint density at radius 2 is 2.11 bits per heavy atom. The number of benzene rings is 1. The van der Waals surface area contributed by atoms with Crippen molar-refractivity contribution in [3.8, 4) is 0 Å². The van der Waals surface area contributed by atoms with E-state index >= 15 is 0 Å². The Kier molecular flexibility index (Phi) is 6.42. The fourth-order valence-corrected chi connectivity index (χ4v) is 2.67. The highest BCUT2D eigenvalue weighted by molar-refractivity contribution is 7.78. The molecule has 0 aliphatic heterocycles. The number of allylic oxidation sites excluding steroid dienone is 2. The van der Waals surface area contributed by atoms with E-state index in [9.17, 15) is 9.00 Å². The maximum Gasteiger partial charge on any atom is 0.252 e. The molecule has 0 radical (unpaired) electrons. The van der Waals surface area contributed by atoms with Crippen LogP contribution in [0.25, 0.3) is 0 Å². The summed E-state index contributed by atoms with van der Waals surface area (Å²) in [5, 5.41) is -0.539. The predicted octanol–water partition coefficient (Wildman–Crippen LogP) is 3.60. The van der Waals surface area contributed by atoms with Crippen molar-refractivity contribution in [1.82, 2.24) is 0 Å².